The fourth-order valence-corrected chi connectivity index (χ4v) is 4.84. The van der Waals surface area contributed by atoms with Crippen molar-refractivity contribution in [1.29, 1.82) is 0 Å². The number of amides is 1. The minimum Gasteiger partial charge on any atom is -0.335 e. The van der Waals surface area contributed by atoms with Crippen LogP contribution in [-0.4, -0.2) is 43.3 Å². The van der Waals surface area contributed by atoms with Crippen LogP contribution in [0.5, 0.6) is 0 Å². The van der Waals surface area contributed by atoms with Crippen molar-refractivity contribution in [3.05, 3.63) is 33.8 Å². The summed E-state index contributed by atoms with van der Waals surface area (Å²) in [5.74, 6) is -0.0486. The van der Waals surface area contributed by atoms with Crippen LogP contribution in [0, 0.1) is 0 Å². The van der Waals surface area contributed by atoms with Crippen LogP contribution in [0.4, 0.5) is 0 Å². The largest absolute Gasteiger partial charge is 0.335 e. The third kappa shape index (κ3) is 4.15. The molecule has 0 aliphatic carbocycles. The Bertz CT molecular complexity index is 661. The Labute approximate surface area is 141 Å². The van der Waals surface area contributed by atoms with Gasteiger partial charge in [-0.25, -0.2) is 8.42 Å². The molecule has 2 rings (SSSR count). The third-order valence-electron chi connectivity index (χ3n) is 3.82. The summed E-state index contributed by atoms with van der Waals surface area (Å²) in [6.07, 6.45) is 2.24. The number of benzene rings is 1. The first-order chi connectivity index (χ1) is 10.3. The highest BCUT2D eigenvalue weighted by molar-refractivity contribution is 7.91. The molecule has 0 unspecified atom stereocenters. The predicted molar refractivity (Wildman–Crippen MR) is 89.5 cm³/mol. The normalized spacial score (nSPS) is 20.0. The molecule has 1 amide bonds. The van der Waals surface area contributed by atoms with Crippen molar-refractivity contribution in [2.75, 3.05) is 18.1 Å². The number of nitrogens with zero attached hydrogens (tertiary/aromatic N) is 1. The van der Waals surface area contributed by atoms with Crippen molar-refractivity contribution in [1.82, 2.24) is 4.90 Å². The Hall–Kier alpha value is -0.780. The third-order valence-corrected chi connectivity index (χ3v) is 6.12. The molecule has 4 nitrogen and oxygen atoms in total. The molecule has 1 heterocycles. The second-order valence-electron chi connectivity index (χ2n) is 5.53. The van der Waals surface area contributed by atoms with Gasteiger partial charge in [0.05, 0.1) is 22.1 Å². The Morgan fingerprint density at radius 1 is 1.36 bits per heavy atom. The average molecular weight is 364 g/mol. The van der Waals surface area contributed by atoms with E-state index in [9.17, 15) is 13.2 Å². The lowest BCUT2D eigenvalue weighted by molar-refractivity contribution is 0.0694. The molecule has 0 bridgehead atoms. The van der Waals surface area contributed by atoms with Crippen molar-refractivity contribution >= 4 is 38.9 Å². The summed E-state index contributed by atoms with van der Waals surface area (Å²) < 4.78 is 23.4. The maximum Gasteiger partial charge on any atom is 0.255 e. The number of rotatable bonds is 5. The van der Waals surface area contributed by atoms with E-state index in [1.165, 1.54) is 6.07 Å². The lowest BCUT2D eigenvalue weighted by Crippen LogP contribution is -2.41. The van der Waals surface area contributed by atoms with E-state index in [2.05, 4.69) is 0 Å². The second kappa shape index (κ2) is 7.20. The van der Waals surface area contributed by atoms with Gasteiger partial charge >= 0.3 is 0 Å². The van der Waals surface area contributed by atoms with E-state index in [0.717, 1.165) is 12.8 Å². The van der Waals surface area contributed by atoms with Gasteiger partial charge in [0, 0.05) is 17.6 Å². The summed E-state index contributed by atoms with van der Waals surface area (Å²) in [4.78, 5) is 14.4. The van der Waals surface area contributed by atoms with E-state index in [-0.39, 0.29) is 23.5 Å². The smallest absolute Gasteiger partial charge is 0.255 e. The van der Waals surface area contributed by atoms with E-state index < -0.39 is 9.84 Å². The molecule has 0 spiro atoms. The maximum atomic E-state index is 12.8. The van der Waals surface area contributed by atoms with Gasteiger partial charge in [0.2, 0.25) is 0 Å². The molecule has 7 heteroatoms. The number of sulfone groups is 1. The van der Waals surface area contributed by atoms with Gasteiger partial charge in [0.25, 0.3) is 5.91 Å². The first kappa shape index (κ1) is 17.6. The highest BCUT2D eigenvalue weighted by Crippen LogP contribution is 2.26. The van der Waals surface area contributed by atoms with Crippen LogP contribution in [-0.2, 0) is 9.84 Å². The molecule has 1 aliphatic heterocycles. The van der Waals surface area contributed by atoms with Crippen LogP contribution in [0.2, 0.25) is 10.0 Å². The van der Waals surface area contributed by atoms with Crippen molar-refractivity contribution in [2.24, 2.45) is 0 Å². The molecule has 1 aromatic rings. The number of halogens is 2. The Kier molecular flexibility index (Phi) is 5.75. The molecule has 1 atom stereocenters. The van der Waals surface area contributed by atoms with Crippen LogP contribution in [0.15, 0.2) is 18.2 Å². The fraction of sp³-hybridized carbons (Fsp3) is 0.533. The van der Waals surface area contributed by atoms with Gasteiger partial charge in [0.1, 0.15) is 0 Å². The van der Waals surface area contributed by atoms with Crippen molar-refractivity contribution in [3.63, 3.8) is 0 Å². The van der Waals surface area contributed by atoms with Crippen molar-refractivity contribution in [2.45, 2.75) is 32.2 Å². The van der Waals surface area contributed by atoms with Crippen molar-refractivity contribution < 1.29 is 13.2 Å². The molecule has 1 aromatic carbocycles. The molecule has 0 N–H and O–H groups in total. The summed E-state index contributed by atoms with van der Waals surface area (Å²) in [5, 5.41) is 0.755. The molecule has 1 aliphatic rings. The van der Waals surface area contributed by atoms with Crippen LogP contribution in [0.25, 0.3) is 0 Å². The Balaban J connectivity index is 2.26. The maximum absolute atomic E-state index is 12.8. The molecule has 22 heavy (non-hydrogen) atoms. The predicted octanol–water partition coefficient (Wildman–Crippen LogP) is 3.42. The summed E-state index contributed by atoms with van der Waals surface area (Å²) in [7, 11) is -3.05. The summed E-state index contributed by atoms with van der Waals surface area (Å²) >= 11 is 12.0. The van der Waals surface area contributed by atoms with Crippen LogP contribution >= 0.6 is 23.2 Å². The van der Waals surface area contributed by atoms with Gasteiger partial charge in [-0.3, -0.25) is 4.79 Å². The number of carbonyl (C=O) groups excluding carboxylic acids is 1. The number of hydrogen-bond donors (Lipinski definition) is 0. The summed E-state index contributed by atoms with van der Waals surface area (Å²) in [5.41, 5.74) is 0.367. The molecule has 122 valence electrons. The first-order valence-corrected chi connectivity index (χ1v) is 9.88. The standard InChI is InChI=1S/C15H19Cl2NO3S/c1-2-3-7-18(12-6-8-22(20,21)10-12)15(19)13-5-4-11(16)9-14(13)17/h4-5,9,12H,2-3,6-8,10H2,1H3/t12-/m1/s1. The molecule has 0 saturated carbocycles. The SMILES string of the molecule is CCCCN(C(=O)c1ccc(Cl)cc1Cl)[C@@H]1CCS(=O)(=O)C1. The fourth-order valence-electron chi connectivity index (χ4n) is 2.62. The zero-order valence-electron chi connectivity index (χ0n) is 12.4. The lowest BCUT2D eigenvalue weighted by Gasteiger charge is -2.28. The van der Waals surface area contributed by atoms with E-state index in [4.69, 9.17) is 23.2 Å². The molecule has 1 saturated heterocycles. The van der Waals surface area contributed by atoms with Gasteiger partial charge < -0.3 is 4.90 Å². The molecule has 0 aromatic heterocycles. The summed E-state index contributed by atoms with van der Waals surface area (Å²) in [6, 6.07) is 4.47. The zero-order valence-corrected chi connectivity index (χ0v) is 14.7. The lowest BCUT2D eigenvalue weighted by atomic mass is 10.1. The van der Waals surface area contributed by atoms with Gasteiger partial charge in [0.15, 0.2) is 9.84 Å². The van der Waals surface area contributed by atoms with Crippen LogP contribution in [0.1, 0.15) is 36.5 Å². The highest BCUT2D eigenvalue weighted by atomic mass is 35.5. The van der Waals surface area contributed by atoms with Crippen molar-refractivity contribution in [3.8, 4) is 0 Å². The zero-order chi connectivity index (χ0) is 16.3. The van der Waals surface area contributed by atoms with E-state index in [1.54, 1.807) is 17.0 Å². The molecular formula is C15H19Cl2NO3S. The van der Waals surface area contributed by atoms with E-state index >= 15 is 0 Å². The molecular weight excluding hydrogens is 345 g/mol. The minimum absolute atomic E-state index is 0.0354. The van der Waals surface area contributed by atoms with E-state index in [1.807, 2.05) is 6.92 Å². The number of unbranched alkanes of at least 4 members (excludes halogenated alkanes) is 1. The second-order valence-corrected chi connectivity index (χ2v) is 8.61. The summed E-state index contributed by atoms with van der Waals surface area (Å²) in [6.45, 7) is 2.57. The van der Waals surface area contributed by atoms with Gasteiger partial charge in [-0.05, 0) is 31.0 Å². The topological polar surface area (TPSA) is 54.5 Å². The first-order valence-electron chi connectivity index (χ1n) is 7.30. The van der Waals surface area contributed by atoms with Gasteiger partial charge in [-0.1, -0.05) is 36.5 Å². The minimum atomic E-state index is -3.05. The van der Waals surface area contributed by atoms with Crippen LogP contribution < -0.4 is 0 Å². The van der Waals surface area contributed by atoms with Crippen LogP contribution in [0.3, 0.4) is 0 Å². The number of hydrogen-bond acceptors (Lipinski definition) is 3. The Morgan fingerprint density at radius 2 is 2.09 bits per heavy atom. The van der Waals surface area contributed by atoms with E-state index in [0.29, 0.717) is 28.6 Å². The average Bonchev–Trinajstić information content (AvgIpc) is 2.79. The molecule has 0 radical (unpaired) electrons. The Morgan fingerprint density at radius 3 is 2.64 bits per heavy atom. The van der Waals surface area contributed by atoms with Gasteiger partial charge in [-0.2, -0.15) is 0 Å². The highest BCUT2D eigenvalue weighted by Gasteiger charge is 2.35. The quantitative estimate of drug-likeness (QED) is 0.805. The number of carbonyl (C=O) groups is 1. The molecule has 1 fully saturated rings. The van der Waals surface area contributed by atoms with Gasteiger partial charge in [-0.15, -0.1) is 0 Å². The monoisotopic (exact) mass is 363 g/mol.